The van der Waals surface area contributed by atoms with Crippen molar-refractivity contribution in [3.63, 3.8) is 0 Å². The quantitative estimate of drug-likeness (QED) is 0.236. The van der Waals surface area contributed by atoms with E-state index in [0.29, 0.717) is 38.8 Å². The van der Waals surface area contributed by atoms with E-state index in [1.54, 1.807) is 48.5 Å². The first-order chi connectivity index (χ1) is 18.8. The second-order valence-corrected chi connectivity index (χ2v) is 10.7. The lowest BCUT2D eigenvalue weighted by Gasteiger charge is -2.15. The first kappa shape index (κ1) is 25.9. The van der Waals surface area contributed by atoms with Crippen molar-refractivity contribution in [2.75, 3.05) is 24.3 Å². The predicted molar refractivity (Wildman–Crippen MR) is 149 cm³/mol. The molecule has 0 aliphatic heterocycles. The lowest BCUT2D eigenvalue weighted by molar-refractivity contribution is 0.0996. The molecule has 3 aromatic carbocycles. The van der Waals surface area contributed by atoms with Gasteiger partial charge in [0.25, 0.3) is 15.9 Å². The number of carbonyl (C=O) groups is 1. The van der Waals surface area contributed by atoms with Gasteiger partial charge in [-0.3, -0.25) is 9.52 Å². The first-order valence-corrected chi connectivity index (χ1v) is 13.8. The lowest BCUT2D eigenvalue weighted by atomic mass is 10.2. The Morgan fingerprint density at radius 1 is 0.872 bits per heavy atom. The predicted octanol–water partition coefficient (Wildman–Crippen LogP) is 4.41. The zero-order chi connectivity index (χ0) is 27.6. The molecule has 0 fully saturated rings. The Bertz CT molecular complexity index is 1780. The van der Waals surface area contributed by atoms with Gasteiger partial charge < -0.3 is 20.5 Å². The average Bonchev–Trinajstić information content (AvgIpc) is 3.44. The monoisotopic (exact) mass is 562 g/mol. The maximum absolute atomic E-state index is 13.5. The number of benzene rings is 3. The summed E-state index contributed by atoms with van der Waals surface area (Å²) in [5.41, 5.74) is 7.53. The van der Waals surface area contributed by atoms with Gasteiger partial charge in [0.2, 0.25) is 0 Å². The molecule has 0 bridgehead atoms. The summed E-state index contributed by atoms with van der Waals surface area (Å²) >= 11 is 1.19. The van der Waals surface area contributed by atoms with E-state index in [9.17, 15) is 13.2 Å². The number of nitrogens with two attached hydrogens (primary N) is 1. The number of amides is 1. The summed E-state index contributed by atoms with van der Waals surface area (Å²) in [5.74, 6) is 0.574. The van der Waals surface area contributed by atoms with Gasteiger partial charge in [-0.15, -0.1) is 11.3 Å². The van der Waals surface area contributed by atoms with Crippen LogP contribution in [0.25, 0.3) is 21.6 Å². The third-order valence-corrected chi connectivity index (χ3v) is 7.79. The van der Waals surface area contributed by atoms with Gasteiger partial charge in [0.15, 0.2) is 11.6 Å². The molecule has 11 nitrogen and oxygen atoms in total. The molecule has 198 valence electrons. The number of para-hydroxylation sites is 2. The van der Waals surface area contributed by atoms with Crippen LogP contribution in [-0.2, 0) is 10.0 Å². The molecule has 5 aromatic rings. The largest absolute Gasteiger partial charge is 0.497 e. The van der Waals surface area contributed by atoms with Crippen LogP contribution < -0.4 is 25.2 Å². The van der Waals surface area contributed by atoms with Crippen molar-refractivity contribution in [1.29, 1.82) is 0 Å². The molecule has 0 spiro atoms. The SMILES string of the molecule is COc1cc(Nc2nc3ccccc3nc2NS(=O)(=O)c2cccc(-c3nc(C(N)=O)cs3)c2)cc(OC)c1. The standard InChI is InChI=1S/C26H22N6O5S2/c1-36-17-11-16(12-18(13-17)37-2)28-24-25(30-21-9-4-3-8-20(21)29-24)32-39(34,35)19-7-5-6-15(10-19)26-31-22(14-38-26)23(27)33/h3-14H,1-2H3,(H2,27,33)(H,28,29)(H,30,32). The van der Waals surface area contributed by atoms with E-state index in [-0.39, 0.29) is 22.2 Å². The van der Waals surface area contributed by atoms with E-state index in [1.165, 1.54) is 43.1 Å². The van der Waals surface area contributed by atoms with Crippen molar-refractivity contribution in [1.82, 2.24) is 15.0 Å². The number of primary amides is 1. The van der Waals surface area contributed by atoms with Crippen LogP contribution in [0.1, 0.15) is 10.5 Å². The van der Waals surface area contributed by atoms with Gasteiger partial charge in [-0.05, 0) is 24.3 Å². The number of aromatic nitrogens is 3. The van der Waals surface area contributed by atoms with Crippen molar-refractivity contribution in [2.45, 2.75) is 4.90 Å². The highest BCUT2D eigenvalue weighted by atomic mass is 32.2. The Balaban J connectivity index is 1.53. The summed E-state index contributed by atoms with van der Waals surface area (Å²) in [6.07, 6.45) is 0. The number of anilines is 3. The van der Waals surface area contributed by atoms with Crippen LogP contribution in [0.3, 0.4) is 0 Å². The van der Waals surface area contributed by atoms with Crippen LogP contribution in [-0.4, -0.2) is 43.5 Å². The molecule has 39 heavy (non-hydrogen) atoms. The van der Waals surface area contributed by atoms with E-state index in [0.717, 1.165) is 0 Å². The number of hydrogen-bond acceptors (Lipinski definition) is 10. The number of fused-ring (bicyclic) bond motifs is 1. The fourth-order valence-electron chi connectivity index (χ4n) is 3.68. The zero-order valence-electron chi connectivity index (χ0n) is 20.7. The number of nitrogens with zero attached hydrogens (tertiary/aromatic N) is 3. The number of ether oxygens (including phenoxy) is 2. The Morgan fingerprint density at radius 2 is 1.54 bits per heavy atom. The molecule has 0 aliphatic carbocycles. The third-order valence-electron chi connectivity index (χ3n) is 5.56. The molecule has 13 heteroatoms. The molecule has 1 amide bonds. The van der Waals surface area contributed by atoms with Gasteiger partial charge >= 0.3 is 0 Å². The van der Waals surface area contributed by atoms with Crippen molar-refractivity contribution in [3.8, 4) is 22.1 Å². The van der Waals surface area contributed by atoms with E-state index in [4.69, 9.17) is 15.2 Å². The first-order valence-electron chi connectivity index (χ1n) is 11.4. The lowest BCUT2D eigenvalue weighted by Crippen LogP contribution is -2.16. The molecule has 0 aliphatic rings. The summed E-state index contributed by atoms with van der Waals surface area (Å²) in [7, 11) is -1.06. The summed E-state index contributed by atoms with van der Waals surface area (Å²) in [4.78, 5) is 24.7. The highest BCUT2D eigenvalue weighted by Gasteiger charge is 2.21. The van der Waals surface area contributed by atoms with Crippen LogP contribution in [0.5, 0.6) is 11.5 Å². The molecular weight excluding hydrogens is 540 g/mol. The van der Waals surface area contributed by atoms with Gasteiger partial charge in [0, 0.05) is 34.8 Å². The molecule has 4 N–H and O–H groups in total. The number of rotatable bonds is 9. The average molecular weight is 563 g/mol. The van der Waals surface area contributed by atoms with Crippen LogP contribution in [0, 0.1) is 0 Å². The van der Waals surface area contributed by atoms with Gasteiger partial charge in [0.1, 0.15) is 22.2 Å². The van der Waals surface area contributed by atoms with Gasteiger partial charge in [-0.25, -0.2) is 23.4 Å². The molecule has 2 heterocycles. The number of hydrogen-bond donors (Lipinski definition) is 3. The maximum Gasteiger partial charge on any atom is 0.268 e. The number of carbonyl (C=O) groups excluding carboxylic acids is 1. The summed E-state index contributed by atoms with van der Waals surface area (Å²) in [6.45, 7) is 0. The number of methoxy groups -OCH3 is 2. The molecule has 0 saturated heterocycles. The molecule has 0 saturated carbocycles. The Morgan fingerprint density at radius 3 is 2.15 bits per heavy atom. The number of thiazole rings is 1. The van der Waals surface area contributed by atoms with Crippen molar-refractivity contribution in [2.24, 2.45) is 5.73 Å². The highest BCUT2D eigenvalue weighted by Crippen LogP contribution is 2.32. The van der Waals surface area contributed by atoms with Crippen molar-refractivity contribution >= 4 is 55.6 Å². The van der Waals surface area contributed by atoms with Gasteiger partial charge in [-0.1, -0.05) is 24.3 Å². The second kappa shape index (κ2) is 10.6. The third kappa shape index (κ3) is 5.58. The van der Waals surface area contributed by atoms with E-state index < -0.39 is 15.9 Å². The normalized spacial score (nSPS) is 11.2. The van der Waals surface area contributed by atoms with E-state index in [2.05, 4.69) is 25.0 Å². The fraction of sp³-hybridized carbons (Fsp3) is 0.0769. The van der Waals surface area contributed by atoms with Crippen molar-refractivity contribution < 1.29 is 22.7 Å². The Kier molecular flexibility index (Phi) is 7.00. The molecule has 2 aromatic heterocycles. The molecule has 5 rings (SSSR count). The smallest absolute Gasteiger partial charge is 0.268 e. The summed E-state index contributed by atoms with van der Waals surface area (Å²) in [5, 5.41) is 5.11. The van der Waals surface area contributed by atoms with Crippen molar-refractivity contribution in [3.05, 3.63) is 77.8 Å². The van der Waals surface area contributed by atoms with Crippen LogP contribution in [0.15, 0.2) is 77.0 Å². The molecular formula is C26H22N6O5S2. The van der Waals surface area contributed by atoms with E-state index >= 15 is 0 Å². The van der Waals surface area contributed by atoms with Gasteiger partial charge in [0.05, 0.1) is 30.1 Å². The minimum atomic E-state index is -4.12. The van der Waals surface area contributed by atoms with Crippen LogP contribution in [0.2, 0.25) is 0 Å². The summed E-state index contributed by atoms with van der Waals surface area (Å²) in [6, 6.07) is 18.4. The minimum Gasteiger partial charge on any atom is -0.497 e. The fourth-order valence-corrected chi connectivity index (χ4v) is 5.54. The van der Waals surface area contributed by atoms with Crippen LogP contribution >= 0.6 is 11.3 Å². The molecule has 0 atom stereocenters. The maximum atomic E-state index is 13.5. The Hall–Kier alpha value is -4.75. The van der Waals surface area contributed by atoms with E-state index in [1.807, 2.05) is 6.07 Å². The summed E-state index contributed by atoms with van der Waals surface area (Å²) < 4.78 is 40.2. The zero-order valence-corrected chi connectivity index (χ0v) is 22.3. The highest BCUT2D eigenvalue weighted by molar-refractivity contribution is 7.92. The second-order valence-electron chi connectivity index (χ2n) is 8.17. The minimum absolute atomic E-state index is 0.00819. The topological polar surface area (TPSA) is 158 Å². The Labute approximate surface area is 227 Å². The molecule has 0 radical (unpaired) electrons. The molecule has 0 unspecified atom stereocenters. The number of nitrogens with one attached hydrogen (secondary N) is 2. The van der Waals surface area contributed by atoms with Gasteiger partial charge in [-0.2, -0.15) is 0 Å². The van der Waals surface area contributed by atoms with Crippen LogP contribution in [0.4, 0.5) is 17.3 Å². The number of sulfonamides is 1.